The van der Waals surface area contributed by atoms with Crippen molar-refractivity contribution in [2.45, 2.75) is 51.2 Å². The summed E-state index contributed by atoms with van der Waals surface area (Å²) < 4.78 is 5.49. The highest BCUT2D eigenvalue weighted by molar-refractivity contribution is 5.97. The van der Waals surface area contributed by atoms with E-state index in [9.17, 15) is 9.59 Å². The third-order valence-corrected chi connectivity index (χ3v) is 7.56. The number of fused-ring (bicyclic) bond motifs is 3. The van der Waals surface area contributed by atoms with Crippen molar-refractivity contribution in [2.24, 2.45) is 0 Å². The zero-order valence-corrected chi connectivity index (χ0v) is 20.8. The first kappa shape index (κ1) is 23.3. The SMILES string of the molecule is O=C(Nc1cccc(-c2ccc3[nH]c4c(c3c2)CCCC4)c1)[C@@H]1CCCN1C(=O)OCc1ccccc1. The summed E-state index contributed by atoms with van der Waals surface area (Å²) in [5.74, 6) is -0.179. The highest BCUT2D eigenvalue weighted by atomic mass is 16.6. The molecule has 2 heterocycles. The fraction of sp³-hybridized carbons (Fsp3) is 0.290. The van der Waals surface area contributed by atoms with Crippen molar-refractivity contribution in [3.63, 3.8) is 0 Å². The lowest BCUT2D eigenvalue weighted by atomic mass is 9.94. The average molecular weight is 494 g/mol. The van der Waals surface area contributed by atoms with Crippen LogP contribution in [-0.2, 0) is 29.0 Å². The van der Waals surface area contributed by atoms with Gasteiger partial charge in [0.25, 0.3) is 0 Å². The molecular weight excluding hydrogens is 462 g/mol. The Kier molecular flexibility index (Phi) is 6.39. The Bertz CT molecular complexity index is 1440. The lowest BCUT2D eigenvalue weighted by Gasteiger charge is -2.23. The molecule has 2 amide bonds. The van der Waals surface area contributed by atoms with E-state index in [0.29, 0.717) is 13.0 Å². The van der Waals surface area contributed by atoms with Gasteiger partial charge in [-0.1, -0.05) is 48.5 Å². The molecule has 6 nitrogen and oxygen atoms in total. The monoisotopic (exact) mass is 493 g/mol. The molecule has 1 aliphatic carbocycles. The van der Waals surface area contributed by atoms with Gasteiger partial charge >= 0.3 is 6.09 Å². The van der Waals surface area contributed by atoms with Crippen molar-refractivity contribution >= 4 is 28.6 Å². The quantitative estimate of drug-likeness (QED) is 0.335. The molecule has 6 heteroatoms. The van der Waals surface area contributed by atoms with Crippen LogP contribution in [0.15, 0.2) is 72.8 Å². The van der Waals surface area contributed by atoms with Crippen LogP contribution < -0.4 is 5.32 Å². The minimum Gasteiger partial charge on any atom is -0.445 e. The molecular formula is C31H31N3O3. The molecule has 2 aliphatic rings. The fourth-order valence-corrected chi connectivity index (χ4v) is 5.65. The van der Waals surface area contributed by atoms with Gasteiger partial charge in [-0.25, -0.2) is 4.79 Å². The van der Waals surface area contributed by atoms with Crippen LogP contribution in [0.2, 0.25) is 0 Å². The van der Waals surface area contributed by atoms with Gasteiger partial charge in [0, 0.05) is 28.8 Å². The van der Waals surface area contributed by atoms with E-state index in [4.69, 9.17) is 4.74 Å². The number of H-pyrrole nitrogens is 1. The predicted octanol–water partition coefficient (Wildman–Crippen LogP) is 6.45. The largest absolute Gasteiger partial charge is 0.445 e. The third-order valence-electron chi connectivity index (χ3n) is 7.56. The first-order valence-electron chi connectivity index (χ1n) is 13.2. The molecule has 0 radical (unpaired) electrons. The number of anilines is 1. The molecule has 1 aromatic heterocycles. The van der Waals surface area contributed by atoms with Crippen LogP contribution in [0.5, 0.6) is 0 Å². The normalized spacial score (nSPS) is 17.0. The summed E-state index contributed by atoms with van der Waals surface area (Å²) in [5, 5.41) is 4.34. The minimum atomic E-state index is -0.533. The maximum Gasteiger partial charge on any atom is 0.410 e. The molecule has 3 aromatic carbocycles. The Morgan fingerprint density at radius 3 is 2.65 bits per heavy atom. The minimum absolute atomic E-state index is 0.179. The van der Waals surface area contributed by atoms with Gasteiger partial charge in [-0.2, -0.15) is 0 Å². The molecule has 2 N–H and O–H groups in total. The number of likely N-dealkylation sites (tertiary alicyclic amines) is 1. The number of carbonyl (C=O) groups is 2. The van der Waals surface area contributed by atoms with Crippen LogP contribution in [0.25, 0.3) is 22.0 Å². The number of aryl methyl sites for hydroxylation is 2. The van der Waals surface area contributed by atoms with Crippen molar-refractivity contribution < 1.29 is 14.3 Å². The number of rotatable bonds is 5. The zero-order chi connectivity index (χ0) is 25.2. The van der Waals surface area contributed by atoms with Gasteiger partial charge in [0.1, 0.15) is 12.6 Å². The molecule has 1 fully saturated rings. The van der Waals surface area contributed by atoms with E-state index < -0.39 is 12.1 Å². The summed E-state index contributed by atoms with van der Waals surface area (Å²) in [6.45, 7) is 0.716. The maximum atomic E-state index is 13.2. The molecule has 0 saturated carbocycles. The van der Waals surface area contributed by atoms with E-state index in [1.807, 2.05) is 48.5 Å². The van der Waals surface area contributed by atoms with Gasteiger partial charge in [0.05, 0.1) is 0 Å². The smallest absolute Gasteiger partial charge is 0.410 e. The lowest BCUT2D eigenvalue weighted by molar-refractivity contribution is -0.120. The summed E-state index contributed by atoms with van der Waals surface area (Å²) in [6.07, 6.45) is 5.69. The number of benzene rings is 3. The van der Waals surface area contributed by atoms with E-state index >= 15 is 0 Å². The second-order valence-corrected chi connectivity index (χ2v) is 10.0. The Morgan fingerprint density at radius 2 is 1.76 bits per heavy atom. The van der Waals surface area contributed by atoms with E-state index in [2.05, 4.69) is 34.6 Å². The highest BCUT2D eigenvalue weighted by Crippen LogP contribution is 2.33. The molecule has 1 atom stereocenters. The molecule has 6 rings (SSSR count). The second kappa shape index (κ2) is 10.1. The number of aromatic nitrogens is 1. The maximum absolute atomic E-state index is 13.2. The van der Waals surface area contributed by atoms with Crippen molar-refractivity contribution in [3.8, 4) is 11.1 Å². The summed E-state index contributed by atoms with van der Waals surface area (Å²) in [5.41, 5.74) is 7.85. The van der Waals surface area contributed by atoms with E-state index in [1.165, 1.54) is 35.0 Å². The topological polar surface area (TPSA) is 74.4 Å². The molecule has 37 heavy (non-hydrogen) atoms. The second-order valence-electron chi connectivity index (χ2n) is 10.0. The fourth-order valence-electron chi connectivity index (χ4n) is 5.65. The number of aromatic amines is 1. The molecule has 0 bridgehead atoms. The number of hydrogen-bond acceptors (Lipinski definition) is 3. The Balaban J connectivity index is 1.15. The van der Waals surface area contributed by atoms with Crippen molar-refractivity contribution in [1.82, 2.24) is 9.88 Å². The molecule has 0 unspecified atom stereocenters. The van der Waals surface area contributed by atoms with Crippen molar-refractivity contribution in [1.29, 1.82) is 0 Å². The number of carbonyl (C=O) groups excluding carboxylic acids is 2. The Morgan fingerprint density at radius 1 is 0.919 bits per heavy atom. The predicted molar refractivity (Wildman–Crippen MR) is 145 cm³/mol. The number of nitrogens with zero attached hydrogens (tertiary/aromatic N) is 1. The Hall–Kier alpha value is -4.06. The molecule has 1 aliphatic heterocycles. The highest BCUT2D eigenvalue weighted by Gasteiger charge is 2.35. The van der Waals surface area contributed by atoms with Crippen LogP contribution in [0.4, 0.5) is 10.5 Å². The molecule has 0 spiro atoms. The van der Waals surface area contributed by atoms with E-state index in [0.717, 1.165) is 41.6 Å². The number of ether oxygens (including phenoxy) is 1. The van der Waals surface area contributed by atoms with Gasteiger partial charge in [-0.05, 0) is 85.0 Å². The summed E-state index contributed by atoms with van der Waals surface area (Å²) in [6, 6.07) is 23.5. The first-order valence-corrected chi connectivity index (χ1v) is 13.2. The zero-order valence-electron chi connectivity index (χ0n) is 20.8. The molecule has 4 aromatic rings. The standard InChI is InChI=1S/C31H31N3O3/c35-30(29-14-7-17-34(29)31(36)37-20-21-8-2-1-3-9-21)32-24-11-6-10-22(18-24)23-15-16-28-26(19-23)25-12-4-5-13-27(25)33-28/h1-3,6,8-11,15-16,18-19,29,33H,4-5,7,12-14,17,20H2,(H,32,35)/t29-/m0/s1. The Labute approximate surface area is 216 Å². The third kappa shape index (κ3) is 4.84. The van der Waals surface area contributed by atoms with Crippen LogP contribution in [0, 0.1) is 0 Å². The average Bonchev–Trinajstić information content (AvgIpc) is 3.57. The summed E-state index contributed by atoms with van der Waals surface area (Å²) >= 11 is 0. The van der Waals surface area contributed by atoms with Gasteiger partial charge < -0.3 is 15.0 Å². The van der Waals surface area contributed by atoms with Gasteiger partial charge in [-0.3, -0.25) is 9.69 Å². The van der Waals surface area contributed by atoms with Gasteiger partial charge in [0.2, 0.25) is 5.91 Å². The lowest BCUT2D eigenvalue weighted by Crippen LogP contribution is -2.43. The first-order chi connectivity index (χ1) is 18.2. The van der Waals surface area contributed by atoms with Crippen LogP contribution in [0.1, 0.15) is 42.5 Å². The molecule has 1 saturated heterocycles. The van der Waals surface area contributed by atoms with Crippen LogP contribution in [-0.4, -0.2) is 34.5 Å². The number of nitrogens with one attached hydrogen (secondary N) is 2. The summed E-state index contributed by atoms with van der Waals surface area (Å²) in [4.78, 5) is 31.1. The van der Waals surface area contributed by atoms with Crippen molar-refractivity contribution in [2.75, 3.05) is 11.9 Å². The van der Waals surface area contributed by atoms with Gasteiger partial charge in [-0.15, -0.1) is 0 Å². The van der Waals surface area contributed by atoms with Gasteiger partial charge in [0.15, 0.2) is 0 Å². The van der Waals surface area contributed by atoms with E-state index in [-0.39, 0.29) is 12.5 Å². The number of amides is 2. The molecule has 188 valence electrons. The number of hydrogen-bond donors (Lipinski definition) is 2. The van der Waals surface area contributed by atoms with Crippen molar-refractivity contribution in [3.05, 3.63) is 89.6 Å². The van der Waals surface area contributed by atoms with E-state index in [1.54, 1.807) is 4.90 Å². The van der Waals surface area contributed by atoms with Crippen LogP contribution >= 0.6 is 0 Å². The van der Waals surface area contributed by atoms with Crippen LogP contribution in [0.3, 0.4) is 0 Å². The summed E-state index contributed by atoms with van der Waals surface area (Å²) in [7, 11) is 0.